The number of benzene rings is 1. The summed E-state index contributed by atoms with van der Waals surface area (Å²) in [6.07, 6.45) is -4.33. The summed E-state index contributed by atoms with van der Waals surface area (Å²) in [5, 5.41) is 16.4. The fourth-order valence-corrected chi connectivity index (χ4v) is 3.32. The molecular weight excluding hydrogens is 380 g/mol. The van der Waals surface area contributed by atoms with Crippen molar-refractivity contribution in [1.82, 2.24) is 5.32 Å². The van der Waals surface area contributed by atoms with Gasteiger partial charge in [0.25, 0.3) is 16.0 Å². The number of aliphatic hydroxyl groups is 1. The zero-order chi connectivity index (χ0) is 20.0. The molecule has 11 nitrogen and oxygen atoms in total. The smallest absolute Gasteiger partial charge is 0.264 e. The SMILES string of the molecule is COC1OC(CN=[N+]=[N-])C(O)C(OS(C)(=O)=O)C1NC(=O)c1ccccc1. The molecule has 0 aromatic heterocycles. The van der Waals surface area contributed by atoms with Gasteiger partial charge in [-0.1, -0.05) is 23.3 Å². The number of nitrogens with zero attached hydrogens (tertiary/aromatic N) is 3. The van der Waals surface area contributed by atoms with Crippen LogP contribution in [-0.4, -0.2) is 70.0 Å². The van der Waals surface area contributed by atoms with E-state index in [-0.39, 0.29) is 6.54 Å². The summed E-state index contributed by atoms with van der Waals surface area (Å²) in [6.45, 7) is -0.277. The van der Waals surface area contributed by atoms with Crippen LogP contribution < -0.4 is 5.32 Å². The van der Waals surface area contributed by atoms with Crippen molar-refractivity contribution in [2.24, 2.45) is 5.11 Å². The van der Waals surface area contributed by atoms with E-state index in [9.17, 15) is 18.3 Å². The van der Waals surface area contributed by atoms with Crippen LogP contribution in [0.3, 0.4) is 0 Å². The van der Waals surface area contributed by atoms with E-state index in [0.717, 1.165) is 6.26 Å². The Morgan fingerprint density at radius 1 is 1.41 bits per heavy atom. The maximum absolute atomic E-state index is 12.5. The first-order chi connectivity index (χ1) is 12.8. The average Bonchev–Trinajstić information content (AvgIpc) is 2.63. The van der Waals surface area contributed by atoms with Crippen LogP contribution in [0.2, 0.25) is 0 Å². The van der Waals surface area contributed by atoms with Crippen molar-refractivity contribution in [3.63, 3.8) is 0 Å². The third-order valence-electron chi connectivity index (χ3n) is 3.85. The summed E-state index contributed by atoms with van der Waals surface area (Å²) in [5.41, 5.74) is 8.78. The maximum atomic E-state index is 12.5. The number of hydrogen-bond donors (Lipinski definition) is 2. The number of ether oxygens (including phenoxy) is 2. The van der Waals surface area contributed by atoms with Crippen LogP contribution in [-0.2, 0) is 23.8 Å². The lowest BCUT2D eigenvalue weighted by molar-refractivity contribution is -0.247. The summed E-state index contributed by atoms with van der Waals surface area (Å²) in [7, 11) is -2.71. The zero-order valence-corrected chi connectivity index (χ0v) is 15.4. The number of carbonyl (C=O) groups is 1. The van der Waals surface area contributed by atoms with E-state index in [2.05, 4.69) is 15.3 Å². The van der Waals surface area contributed by atoms with Gasteiger partial charge in [-0.2, -0.15) is 8.42 Å². The number of nitrogens with one attached hydrogen (secondary N) is 1. The number of aliphatic hydroxyl groups excluding tert-OH is 1. The minimum absolute atomic E-state index is 0.277. The second kappa shape index (κ2) is 9.13. The van der Waals surface area contributed by atoms with Gasteiger partial charge in [-0.25, -0.2) is 0 Å². The van der Waals surface area contributed by atoms with Crippen LogP contribution in [0.4, 0.5) is 0 Å². The van der Waals surface area contributed by atoms with Crippen LogP contribution >= 0.6 is 0 Å². The molecule has 1 amide bonds. The Bertz CT molecular complexity index is 798. The normalized spacial score (nSPS) is 28.2. The second-order valence-electron chi connectivity index (χ2n) is 5.81. The van der Waals surface area contributed by atoms with Gasteiger partial charge >= 0.3 is 0 Å². The number of methoxy groups -OCH3 is 1. The van der Waals surface area contributed by atoms with Gasteiger partial charge in [0.1, 0.15) is 18.2 Å². The van der Waals surface area contributed by atoms with E-state index in [1.807, 2.05) is 0 Å². The Morgan fingerprint density at radius 3 is 2.63 bits per heavy atom. The highest BCUT2D eigenvalue weighted by molar-refractivity contribution is 7.86. The van der Waals surface area contributed by atoms with Crippen molar-refractivity contribution in [2.75, 3.05) is 19.9 Å². The van der Waals surface area contributed by atoms with Crippen molar-refractivity contribution in [3.05, 3.63) is 46.3 Å². The van der Waals surface area contributed by atoms with Gasteiger partial charge in [0.15, 0.2) is 6.29 Å². The van der Waals surface area contributed by atoms with E-state index in [0.29, 0.717) is 5.56 Å². The van der Waals surface area contributed by atoms with Gasteiger partial charge in [0.2, 0.25) is 0 Å². The standard InChI is InChI=1S/C15H20N4O7S/c1-24-15-11(18-14(21)9-6-4-3-5-7-9)13(26-27(2,22)23)12(20)10(25-15)8-17-19-16/h3-7,10-13,15,20H,8H2,1-2H3,(H,18,21). The molecule has 0 bridgehead atoms. The first-order valence-corrected chi connectivity index (χ1v) is 9.70. The molecule has 1 aliphatic heterocycles. The number of amides is 1. The molecule has 5 unspecified atom stereocenters. The molecule has 12 heteroatoms. The van der Waals surface area contributed by atoms with Gasteiger partial charge in [-0.05, 0) is 17.7 Å². The monoisotopic (exact) mass is 400 g/mol. The van der Waals surface area contributed by atoms with E-state index < -0.39 is 46.7 Å². The lowest BCUT2D eigenvalue weighted by Crippen LogP contribution is -2.65. The molecule has 5 atom stereocenters. The molecule has 1 aromatic carbocycles. The predicted octanol–water partition coefficient (Wildman–Crippen LogP) is 0.172. The van der Waals surface area contributed by atoms with Gasteiger partial charge in [0, 0.05) is 17.6 Å². The highest BCUT2D eigenvalue weighted by Crippen LogP contribution is 2.26. The van der Waals surface area contributed by atoms with Gasteiger partial charge in [-0.3, -0.25) is 8.98 Å². The summed E-state index contributed by atoms with van der Waals surface area (Å²) in [6, 6.07) is 7.04. The molecule has 27 heavy (non-hydrogen) atoms. The quantitative estimate of drug-likeness (QED) is 0.285. The Kier molecular flexibility index (Phi) is 7.13. The van der Waals surface area contributed by atoms with Gasteiger partial charge < -0.3 is 19.9 Å². The molecule has 2 rings (SSSR count). The maximum Gasteiger partial charge on any atom is 0.264 e. The molecule has 0 radical (unpaired) electrons. The molecule has 0 spiro atoms. The minimum Gasteiger partial charge on any atom is -0.388 e. The minimum atomic E-state index is -3.99. The van der Waals surface area contributed by atoms with E-state index in [1.165, 1.54) is 7.11 Å². The molecule has 148 valence electrons. The Morgan fingerprint density at radius 2 is 2.07 bits per heavy atom. The topological polar surface area (TPSA) is 160 Å². The molecule has 1 heterocycles. The van der Waals surface area contributed by atoms with Crippen molar-refractivity contribution in [1.29, 1.82) is 0 Å². The summed E-state index contributed by atoms with van der Waals surface area (Å²) in [5.74, 6) is -0.533. The fourth-order valence-electron chi connectivity index (χ4n) is 2.68. The molecule has 1 saturated heterocycles. The lowest BCUT2D eigenvalue weighted by Gasteiger charge is -2.43. The molecule has 0 aliphatic carbocycles. The van der Waals surface area contributed by atoms with Crippen LogP contribution in [0, 0.1) is 0 Å². The van der Waals surface area contributed by atoms with Crippen LogP contribution in [0.25, 0.3) is 10.4 Å². The van der Waals surface area contributed by atoms with Crippen molar-refractivity contribution in [2.45, 2.75) is 30.6 Å². The van der Waals surface area contributed by atoms with Crippen molar-refractivity contribution >= 4 is 16.0 Å². The highest BCUT2D eigenvalue weighted by Gasteiger charge is 2.48. The largest absolute Gasteiger partial charge is 0.388 e. The van der Waals surface area contributed by atoms with Gasteiger partial charge in [-0.15, -0.1) is 0 Å². The van der Waals surface area contributed by atoms with Crippen molar-refractivity contribution < 1.29 is 32.0 Å². The van der Waals surface area contributed by atoms with Crippen molar-refractivity contribution in [3.8, 4) is 0 Å². The number of azide groups is 1. The second-order valence-corrected chi connectivity index (χ2v) is 7.41. The van der Waals surface area contributed by atoms with E-state index in [1.54, 1.807) is 30.3 Å². The average molecular weight is 400 g/mol. The molecule has 1 aliphatic rings. The van der Waals surface area contributed by atoms with E-state index >= 15 is 0 Å². The van der Waals surface area contributed by atoms with Crippen LogP contribution in [0.1, 0.15) is 10.4 Å². The van der Waals surface area contributed by atoms with Crippen LogP contribution in [0.15, 0.2) is 35.4 Å². The number of rotatable bonds is 7. The number of hydrogen-bond acceptors (Lipinski definition) is 8. The molecule has 1 fully saturated rings. The lowest BCUT2D eigenvalue weighted by atomic mass is 9.96. The molecular formula is C15H20N4O7S. The summed E-state index contributed by atoms with van der Waals surface area (Å²) in [4.78, 5) is 15.1. The van der Waals surface area contributed by atoms with Crippen LogP contribution in [0.5, 0.6) is 0 Å². The highest BCUT2D eigenvalue weighted by atomic mass is 32.2. The Hall–Kier alpha value is -2.21. The third kappa shape index (κ3) is 5.63. The predicted molar refractivity (Wildman–Crippen MR) is 93.1 cm³/mol. The zero-order valence-electron chi connectivity index (χ0n) is 14.6. The Balaban J connectivity index is 2.31. The molecule has 2 N–H and O–H groups in total. The van der Waals surface area contributed by atoms with Gasteiger partial charge in [0.05, 0.1) is 18.9 Å². The first kappa shape index (κ1) is 21.1. The summed E-state index contributed by atoms with van der Waals surface area (Å²) < 4.78 is 39.0. The third-order valence-corrected chi connectivity index (χ3v) is 4.42. The number of carbonyl (C=O) groups excluding carboxylic acids is 1. The molecule has 1 aromatic rings. The first-order valence-electron chi connectivity index (χ1n) is 7.88. The van der Waals surface area contributed by atoms with E-state index in [4.69, 9.17) is 19.2 Å². The Labute approximate surface area is 156 Å². The fraction of sp³-hybridized carbons (Fsp3) is 0.533. The molecule has 0 saturated carbocycles. The summed E-state index contributed by atoms with van der Waals surface area (Å²) >= 11 is 0.